The van der Waals surface area contributed by atoms with Crippen molar-refractivity contribution in [3.05, 3.63) is 52.9 Å². The van der Waals surface area contributed by atoms with Gasteiger partial charge in [0.1, 0.15) is 11.3 Å². The fourth-order valence-electron chi connectivity index (χ4n) is 2.25. The summed E-state index contributed by atoms with van der Waals surface area (Å²) >= 11 is 5.90. The molecule has 1 unspecified atom stereocenters. The summed E-state index contributed by atoms with van der Waals surface area (Å²) in [5, 5.41) is 0.511. The number of anilines is 1. The van der Waals surface area contributed by atoms with Gasteiger partial charge >= 0.3 is 0 Å². The van der Waals surface area contributed by atoms with Crippen molar-refractivity contribution in [1.82, 2.24) is 14.5 Å². The van der Waals surface area contributed by atoms with Crippen LogP contribution >= 0.6 is 11.6 Å². The van der Waals surface area contributed by atoms with Crippen LogP contribution in [-0.4, -0.2) is 14.5 Å². The number of halogens is 2. The molecule has 0 radical (unpaired) electrons. The van der Waals surface area contributed by atoms with Gasteiger partial charge in [0.15, 0.2) is 5.65 Å². The van der Waals surface area contributed by atoms with E-state index in [4.69, 9.17) is 17.3 Å². The van der Waals surface area contributed by atoms with Crippen molar-refractivity contribution in [1.29, 1.82) is 0 Å². The summed E-state index contributed by atoms with van der Waals surface area (Å²) in [4.78, 5) is 8.54. The third-order valence-electron chi connectivity index (χ3n) is 3.26. The van der Waals surface area contributed by atoms with E-state index in [1.165, 1.54) is 12.1 Å². The molecule has 102 valence electrons. The number of hydrogen-bond donors (Lipinski definition) is 1. The van der Waals surface area contributed by atoms with Crippen LogP contribution in [0.5, 0.6) is 0 Å². The van der Waals surface area contributed by atoms with Crippen LogP contribution in [0, 0.1) is 5.82 Å². The minimum atomic E-state index is -0.269. The van der Waals surface area contributed by atoms with E-state index in [-0.39, 0.29) is 11.9 Å². The fraction of sp³-hybridized carbons (Fsp3) is 0.143. The van der Waals surface area contributed by atoms with Crippen molar-refractivity contribution in [2.45, 2.75) is 13.0 Å². The Bertz CT molecular complexity index is 767. The van der Waals surface area contributed by atoms with Crippen molar-refractivity contribution in [3.8, 4) is 0 Å². The Morgan fingerprint density at radius 1 is 1.30 bits per heavy atom. The summed E-state index contributed by atoms with van der Waals surface area (Å²) in [6, 6.07) is 7.90. The van der Waals surface area contributed by atoms with Gasteiger partial charge in [-0.15, -0.1) is 0 Å². The van der Waals surface area contributed by atoms with Crippen LogP contribution in [0.2, 0.25) is 5.02 Å². The van der Waals surface area contributed by atoms with Gasteiger partial charge in [0.25, 0.3) is 0 Å². The molecule has 0 saturated heterocycles. The molecule has 1 aromatic carbocycles. The van der Waals surface area contributed by atoms with Gasteiger partial charge in [-0.1, -0.05) is 23.7 Å². The molecule has 0 aliphatic carbocycles. The number of fused-ring (bicyclic) bond motifs is 1. The molecule has 20 heavy (non-hydrogen) atoms. The Hall–Kier alpha value is -2.14. The van der Waals surface area contributed by atoms with Crippen molar-refractivity contribution in [2.75, 3.05) is 5.73 Å². The normalized spacial score (nSPS) is 12.8. The minimum absolute atomic E-state index is 0.103. The number of imidazole rings is 1. The topological polar surface area (TPSA) is 56.7 Å². The number of nitrogens with zero attached hydrogens (tertiary/aromatic N) is 3. The second kappa shape index (κ2) is 4.76. The summed E-state index contributed by atoms with van der Waals surface area (Å²) in [7, 11) is 0. The molecule has 4 nitrogen and oxygen atoms in total. The number of hydrogen-bond acceptors (Lipinski definition) is 3. The maximum Gasteiger partial charge on any atom is 0.203 e. The van der Waals surface area contributed by atoms with Crippen LogP contribution in [0.4, 0.5) is 10.3 Å². The van der Waals surface area contributed by atoms with E-state index in [2.05, 4.69) is 9.97 Å². The molecule has 1 atom stereocenters. The number of benzene rings is 1. The summed E-state index contributed by atoms with van der Waals surface area (Å²) in [5.41, 5.74) is 8.19. The van der Waals surface area contributed by atoms with Crippen molar-refractivity contribution in [3.63, 3.8) is 0 Å². The Morgan fingerprint density at radius 2 is 2.00 bits per heavy atom. The molecule has 0 saturated carbocycles. The molecule has 0 fully saturated rings. The van der Waals surface area contributed by atoms with Crippen LogP contribution in [0.3, 0.4) is 0 Å². The Kier molecular flexibility index (Phi) is 3.06. The quantitative estimate of drug-likeness (QED) is 0.787. The van der Waals surface area contributed by atoms with Gasteiger partial charge in [-0.05, 0) is 30.7 Å². The maximum atomic E-state index is 13.0. The molecular formula is C14H12ClFN4. The van der Waals surface area contributed by atoms with Gasteiger partial charge in [-0.25, -0.2) is 14.4 Å². The molecule has 3 rings (SSSR count). The largest absolute Gasteiger partial charge is 0.369 e. The Labute approximate surface area is 120 Å². The second-order valence-electron chi connectivity index (χ2n) is 4.56. The van der Waals surface area contributed by atoms with Crippen molar-refractivity contribution < 1.29 is 4.39 Å². The van der Waals surface area contributed by atoms with Gasteiger partial charge < -0.3 is 5.73 Å². The molecule has 0 bridgehead atoms. The van der Waals surface area contributed by atoms with E-state index >= 15 is 0 Å². The molecule has 0 amide bonds. The third kappa shape index (κ3) is 2.10. The summed E-state index contributed by atoms with van der Waals surface area (Å²) in [6.45, 7) is 1.96. The smallest absolute Gasteiger partial charge is 0.203 e. The predicted molar refractivity (Wildman–Crippen MR) is 77.2 cm³/mol. The van der Waals surface area contributed by atoms with Gasteiger partial charge in [0, 0.05) is 6.20 Å². The summed E-state index contributed by atoms with van der Waals surface area (Å²) in [5.74, 6) is 0.0842. The highest BCUT2D eigenvalue weighted by molar-refractivity contribution is 6.31. The monoisotopic (exact) mass is 290 g/mol. The highest BCUT2D eigenvalue weighted by Crippen LogP contribution is 2.27. The first-order valence-corrected chi connectivity index (χ1v) is 6.48. The van der Waals surface area contributed by atoms with Crippen LogP contribution in [-0.2, 0) is 0 Å². The average molecular weight is 291 g/mol. The van der Waals surface area contributed by atoms with E-state index in [1.807, 2.05) is 6.92 Å². The van der Waals surface area contributed by atoms with E-state index in [0.29, 0.717) is 22.1 Å². The van der Waals surface area contributed by atoms with Gasteiger partial charge in [0.2, 0.25) is 5.95 Å². The second-order valence-corrected chi connectivity index (χ2v) is 5.00. The molecule has 2 N–H and O–H groups in total. The van der Waals surface area contributed by atoms with E-state index in [0.717, 1.165) is 5.56 Å². The summed E-state index contributed by atoms with van der Waals surface area (Å²) < 4.78 is 14.8. The van der Waals surface area contributed by atoms with E-state index < -0.39 is 0 Å². The zero-order chi connectivity index (χ0) is 14.3. The molecular weight excluding hydrogens is 279 g/mol. The predicted octanol–water partition coefficient (Wildman–Crippen LogP) is 3.42. The zero-order valence-electron chi connectivity index (χ0n) is 10.7. The van der Waals surface area contributed by atoms with Gasteiger partial charge in [0.05, 0.1) is 11.1 Å². The SMILES string of the molecule is CC(c1ccc(F)cc1)n1c(N)nc2cc(Cl)cnc21. The van der Waals surface area contributed by atoms with E-state index in [1.54, 1.807) is 29.0 Å². The molecule has 2 aromatic heterocycles. The Morgan fingerprint density at radius 3 is 2.70 bits per heavy atom. The van der Waals surface area contributed by atoms with Gasteiger partial charge in [-0.3, -0.25) is 4.57 Å². The van der Waals surface area contributed by atoms with Crippen molar-refractivity contribution in [2.24, 2.45) is 0 Å². The highest BCUT2D eigenvalue weighted by Gasteiger charge is 2.16. The lowest BCUT2D eigenvalue weighted by Gasteiger charge is -2.15. The lowest BCUT2D eigenvalue weighted by atomic mass is 10.1. The summed E-state index contributed by atoms with van der Waals surface area (Å²) in [6.07, 6.45) is 1.55. The molecule has 3 aromatic rings. The maximum absolute atomic E-state index is 13.0. The first-order valence-electron chi connectivity index (χ1n) is 6.10. The van der Waals surface area contributed by atoms with Gasteiger partial charge in [-0.2, -0.15) is 0 Å². The zero-order valence-corrected chi connectivity index (χ0v) is 11.5. The van der Waals surface area contributed by atoms with Crippen LogP contribution in [0.15, 0.2) is 36.5 Å². The molecule has 0 aliphatic rings. The highest BCUT2D eigenvalue weighted by atomic mass is 35.5. The minimum Gasteiger partial charge on any atom is -0.369 e. The van der Waals surface area contributed by atoms with Crippen LogP contribution < -0.4 is 5.73 Å². The first-order chi connectivity index (χ1) is 9.56. The van der Waals surface area contributed by atoms with E-state index in [9.17, 15) is 4.39 Å². The number of rotatable bonds is 2. The van der Waals surface area contributed by atoms with Crippen molar-refractivity contribution >= 4 is 28.7 Å². The lowest BCUT2D eigenvalue weighted by molar-refractivity contribution is 0.620. The molecule has 2 heterocycles. The van der Waals surface area contributed by atoms with Crippen LogP contribution in [0.1, 0.15) is 18.5 Å². The number of pyridine rings is 1. The number of aromatic nitrogens is 3. The Balaban J connectivity index is 2.13. The number of nitrogen functional groups attached to an aromatic ring is 1. The number of nitrogens with two attached hydrogens (primary N) is 1. The lowest BCUT2D eigenvalue weighted by Crippen LogP contribution is -2.10. The fourth-order valence-corrected chi connectivity index (χ4v) is 2.40. The molecule has 0 aliphatic heterocycles. The third-order valence-corrected chi connectivity index (χ3v) is 3.47. The standard InChI is InChI=1S/C14H12ClFN4/c1-8(9-2-4-11(16)5-3-9)20-13-12(19-14(20)17)6-10(15)7-18-13/h2-8H,1H3,(H2,17,19). The van der Waals surface area contributed by atoms with Crippen LogP contribution in [0.25, 0.3) is 11.2 Å². The molecule has 0 spiro atoms. The first kappa shape index (κ1) is 12.9. The molecule has 6 heteroatoms. The average Bonchev–Trinajstić information content (AvgIpc) is 2.73.